The number of benzene rings is 1. The highest BCUT2D eigenvalue weighted by molar-refractivity contribution is 5.83. The summed E-state index contributed by atoms with van der Waals surface area (Å²) in [4.78, 5) is 0. The maximum Gasteiger partial charge on any atom is 0.0504 e. The van der Waals surface area contributed by atoms with Crippen LogP contribution in [0.1, 0.15) is 13.3 Å². The van der Waals surface area contributed by atoms with Gasteiger partial charge in [0.2, 0.25) is 0 Å². The third kappa shape index (κ3) is 3.21. The van der Waals surface area contributed by atoms with E-state index in [4.69, 9.17) is 0 Å². The molecule has 0 amide bonds. The molecule has 1 heterocycles. The second-order valence-electron chi connectivity index (χ2n) is 4.75. The van der Waals surface area contributed by atoms with Gasteiger partial charge in [0.05, 0.1) is 5.52 Å². The fourth-order valence-electron chi connectivity index (χ4n) is 2.19. The number of anilines is 1. The average molecular weight is 266 g/mol. The van der Waals surface area contributed by atoms with Crippen LogP contribution in [0.5, 0.6) is 0 Å². The molecule has 2 rings (SSSR count). The first-order chi connectivity index (χ1) is 9.78. The number of nitrogens with one attached hydrogen (secondary N) is 1. The predicted molar refractivity (Wildman–Crippen MR) is 89.2 cm³/mol. The summed E-state index contributed by atoms with van der Waals surface area (Å²) in [6.45, 7) is 6.88. The maximum absolute atomic E-state index is 3.91. The molecule has 0 spiro atoms. The van der Waals surface area contributed by atoms with E-state index in [1.54, 1.807) is 0 Å². The summed E-state index contributed by atoms with van der Waals surface area (Å²) < 4.78 is 2.25. The highest BCUT2D eigenvalue weighted by atomic mass is 15.0. The van der Waals surface area contributed by atoms with E-state index in [1.807, 2.05) is 13.1 Å². The normalized spacial score (nSPS) is 12.2. The highest BCUT2D eigenvalue weighted by Gasteiger charge is 2.02. The van der Waals surface area contributed by atoms with Crippen molar-refractivity contribution in [3.63, 3.8) is 0 Å². The van der Waals surface area contributed by atoms with Gasteiger partial charge in [-0.1, -0.05) is 43.9 Å². The predicted octanol–water partition coefficient (Wildman–Crippen LogP) is 4.76. The highest BCUT2D eigenvalue weighted by Crippen LogP contribution is 2.21. The number of fused-ring (bicyclic) bond motifs is 1. The van der Waals surface area contributed by atoms with Crippen molar-refractivity contribution in [2.24, 2.45) is 0 Å². The standard InChI is InChI=1S/C18H22N2/c1-4-6-7-8-15(5-2)14-20-12-11-16-9-10-17(19-3)13-18(16)20/h5-13,19H,2,4,14H2,1,3H3/b7-6-,15-8+. The Bertz CT molecular complexity index is 644. The summed E-state index contributed by atoms with van der Waals surface area (Å²) in [7, 11) is 1.94. The Morgan fingerprint density at radius 3 is 2.90 bits per heavy atom. The molecule has 1 aromatic heterocycles. The molecule has 0 aliphatic heterocycles. The lowest BCUT2D eigenvalue weighted by Gasteiger charge is -2.07. The maximum atomic E-state index is 3.91. The van der Waals surface area contributed by atoms with E-state index in [9.17, 15) is 0 Å². The van der Waals surface area contributed by atoms with Gasteiger partial charge in [0.15, 0.2) is 0 Å². The minimum Gasteiger partial charge on any atom is -0.388 e. The van der Waals surface area contributed by atoms with Gasteiger partial charge in [0.1, 0.15) is 0 Å². The van der Waals surface area contributed by atoms with E-state index in [2.05, 4.69) is 72.1 Å². The second kappa shape index (κ2) is 6.80. The molecule has 0 fully saturated rings. The van der Waals surface area contributed by atoms with Crippen molar-refractivity contribution >= 4 is 16.6 Å². The molecule has 0 unspecified atom stereocenters. The van der Waals surface area contributed by atoms with Gasteiger partial charge >= 0.3 is 0 Å². The van der Waals surface area contributed by atoms with Gasteiger partial charge in [-0.2, -0.15) is 0 Å². The minimum atomic E-state index is 0.841. The summed E-state index contributed by atoms with van der Waals surface area (Å²) in [5.41, 5.74) is 3.58. The van der Waals surface area contributed by atoms with Gasteiger partial charge in [-0.05, 0) is 35.6 Å². The Morgan fingerprint density at radius 1 is 1.35 bits per heavy atom. The van der Waals surface area contributed by atoms with Crippen LogP contribution in [0, 0.1) is 0 Å². The quantitative estimate of drug-likeness (QED) is 0.746. The summed E-state index contributed by atoms with van der Waals surface area (Å²) in [5, 5.41) is 4.45. The number of hydrogen-bond acceptors (Lipinski definition) is 1. The van der Waals surface area contributed by atoms with Crippen molar-refractivity contribution in [1.82, 2.24) is 4.57 Å². The SMILES string of the molecule is C=C/C(=C\C=C/CC)Cn1ccc2ccc(NC)cc21. The lowest BCUT2D eigenvalue weighted by molar-refractivity contribution is 0.836. The number of aromatic nitrogens is 1. The van der Waals surface area contributed by atoms with Gasteiger partial charge in [-0.15, -0.1) is 0 Å². The van der Waals surface area contributed by atoms with E-state index >= 15 is 0 Å². The first kappa shape index (κ1) is 14.2. The van der Waals surface area contributed by atoms with Crippen LogP contribution in [0.25, 0.3) is 10.9 Å². The smallest absolute Gasteiger partial charge is 0.0504 e. The number of allylic oxidation sites excluding steroid dienone is 5. The van der Waals surface area contributed by atoms with Gasteiger partial charge in [-0.3, -0.25) is 0 Å². The average Bonchev–Trinajstić information content (AvgIpc) is 2.88. The molecule has 20 heavy (non-hydrogen) atoms. The van der Waals surface area contributed by atoms with Crippen LogP contribution in [0.3, 0.4) is 0 Å². The van der Waals surface area contributed by atoms with Crippen molar-refractivity contribution in [1.29, 1.82) is 0 Å². The van der Waals surface area contributed by atoms with Crippen LogP contribution >= 0.6 is 0 Å². The molecule has 1 aromatic carbocycles. The van der Waals surface area contributed by atoms with E-state index in [0.717, 1.165) is 18.7 Å². The first-order valence-electron chi connectivity index (χ1n) is 7.03. The summed E-state index contributed by atoms with van der Waals surface area (Å²) in [5.74, 6) is 0. The Labute approximate surface area is 121 Å². The Hall–Kier alpha value is -2.22. The van der Waals surface area contributed by atoms with E-state index in [1.165, 1.54) is 16.5 Å². The molecule has 0 aliphatic rings. The molecular formula is C18H22N2. The van der Waals surface area contributed by atoms with E-state index < -0.39 is 0 Å². The third-order valence-electron chi connectivity index (χ3n) is 3.36. The molecule has 2 heteroatoms. The number of hydrogen-bond donors (Lipinski definition) is 1. The number of rotatable bonds is 6. The monoisotopic (exact) mass is 266 g/mol. The van der Waals surface area contributed by atoms with Crippen LogP contribution in [-0.4, -0.2) is 11.6 Å². The third-order valence-corrected chi connectivity index (χ3v) is 3.36. The zero-order chi connectivity index (χ0) is 14.4. The first-order valence-corrected chi connectivity index (χ1v) is 7.03. The van der Waals surface area contributed by atoms with Crippen molar-refractivity contribution in [2.75, 3.05) is 12.4 Å². The number of nitrogens with zero attached hydrogens (tertiary/aromatic N) is 1. The molecule has 0 bridgehead atoms. The molecular weight excluding hydrogens is 244 g/mol. The zero-order valence-electron chi connectivity index (χ0n) is 12.3. The van der Waals surface area contributed by atoms with Gasteiger partial charge in [-0.25, -0.2) is 0 Å². The molecule has 0 aliphatic carbocycles. The summed E-state index contributed by atoms with van der Waals surface area (Å²) in [6.07, 6.45) is 11.5. The summed E-state index contributed by atoms with van der Waals surface area (Å²) >= 11 is 0. The lowest BCUT2D eigenvalue weighted by Crippen LogP contribution is -1.98. The van der Waals surface area contributed by atoms with Crippen LogP contribution in [0.4, 0.5) is 5.69 Å². The lowest BCUT2D eigenvalue weighted by atomic mass is 10.2. The summed E-state index contributed by atoms with van der Waals surface area (Å²) in [6, 6.07) is 8.57. The molecule has 0 atom stereocenters. The van der Waals surface area contributed by atoms with Gasteiger partial charge in [0.25, 0.3) is 0 Å². The molecule has 0 saturated heterocycles. The zero-order valence-corrected chi connectivity index (χ0v) is 12.3. The van der Waals surface area contributed by atoms with Crippen molar-refractivity contribution < 1.29 is 0 Å². The Morgan fingerprint density at radius 2 is 2.20 bits per heavy atom. The minimum absolute atomic E-state index is 0.841. The molecule has 104 valence electrons. The molecule has 2 aromatic rings. The molecule has 2 nitrogen and oxygen atoms in total. The Kier molecular flexibility index (Phi) is 4.83. The Balaban J connectivity index is 2.30. The van der Waals surface area contributed by atoms with Gasteiger partial charge < -0.3 is 9.88 Å². The van der Waals surface area contributed by atoms with Gasteiger partial charge in [0, 0.05) is 25.5 Å². The van der Waals surface area contributed by atoms with E-state index in [-0.39, 0.29) is 0 Å². The van der Waals surface area contributed by atoms with Crippen molar-refractivity contribution in [3.05, 3.63) is 66.9 Å². The topological polar surface area (TPSA) is 17.0 Å². The van der Waals surface area contributed by atoms with Crippen LogP contribution in [0.2, 0.25) is 0 Å². The fourth-order valence-corrected chi connectivity index (χ4v) is 2.19. The molecule has 0 saturated carbocycles. The van der Waals surface area contributed by atoms with Crippen LogP contribution in [0.15, 0.2) is 66.9 Å². The van der Waals surface area contributed by atoms with Crippen LogP contribution < -0.4 is 5.32 Å². The second-order valence-corrected chi connectivity index (χ2v) is 4.75. The molecule has 1 N–H and O–H groups in total. The van der Waals surface area contributed by atoms with Crippen molar-refractivity contribution in [3.8, 4) is 0 Å². The van der Waals surface area contributed by atoms with E-state index in [0.29, 0.717) is 0 Å². The van der Waals surface area contributed by atoms with Crippen molar-refractivity contribution in [2.45, 2.75) is 19.9 Å². The largest absolute Gasteiger partial charge is 0.388 e. The molecule has 0 radical (unpaired) electrons. The van der Waals surface area contributed by atoms with Crippen LogP contribution in [-0.2, 0) is 6.54 Å². The fraction of sp³-hybridized carbons (Fsp3) is 0.222.